The third kappa shape index (κ3) is 2.53. The van der Waals surface area contributed by atoms with Crippen LogP contribution in [0.4, 0.5) is 0 Å². The fraction of sp³-hybridized carbons (Fsp3) is 0.357. The molecule has 0 saturated carbocycles. The lowest BCUT2D eigenvalue weighted by Crippen LogP contribution is -2.10. The van der Waals surface area contributed by atoms with Crippen molar-refractivity contribution in [1.82, 2.24) is 4.98 Å². The quantitative estimate of drug-likeness (QED) is 0.708. The zero-order valence-corrected chi connectivity index (χ0v) is 10.7. The van der Waals surface area contributed by atoms with Crippen LogP contribution in [-0.2, 0) is 6.42 Å². The maximum atomic E-state index is 6.10. The molecule has 0 unspecified atom stereocenters. The summed E-state index contributed by atoms with van der Waals surface area (Å²) in [7, 11) is 0. The van der Waals surface area contributed by atoms with Gasteiger partial charge >= 0.3 is 0 Å². The smallest absolute Gasteiger partial charge is 0.0720 e. The van der Waals surface area contributed by atoms with Gasteiger partial charge in [0.2, 0.25) is 0 Å². The van der Waals surface area contributed by atoms with Gasteiger partial charge in [0.1, 0.15) is 0 Å². The zero-order chi connectivity index (χ0) is 11.8. The normalized spacial score (nSPS) is 12.0. The summed E-state index contributed by atoms with van der Waals surface area (Å²) in [4.78, 5) is 4.64. The van der Waals surface area contributed by atoms with Crippen LogP contribution in [0.1, 0.15) is 26.5 Å². The summed E-state index contributed by atoms with van der Waals surface area (Å²) in [6.07, 6.45) is 0.982. The van der Waals surface area contributed by atoms with Crippen LogP contribution in [0.5, 0.6) is 0 Å². The fourth-order valence-corrected chi connectivity index (χ4v) is 2.03. The largest absolute Gasteiger partial charge is 0.253 e. The first-order valence-corrected chi connectivity index (χ1v) is 5.88. The van der Waals surface area contributed by atoms with Crippen molar-refractivity contribution < 1.29 is 0 Å². The van der Waals surface area contributed by atoms with E-state index in [1.165, 1.54) is 0 Å². The predicted molar refractivity (Wildman–Crippen MR) is 69.9 cm³/mol. The summed E-state index contributed by atoms with van der Waals surface area (Å²) in [5.74, 6) is 0. The molecule has 0 fully saturated rings. The van der Waals surface area contributed by atoms with Gasteiger partial charge in [-0.05, 0) is 36.1 Å². The lowest BCUT2D eigenvalue weighted by atomic mass is 9.90. The van der Waals surface area contributed by atoms with Crippen molar-refractivity contribution in [2.75, 3.05) is 0 Å². The Morgan fingerprint density at radius 3 is 2.56 bits per heavy atom. The van der Waals surface area contributed by atoms with Crippen LogP contribution in [0, 0.1) is 5.41 Å². The van der Waals surface area contributed by atoms with Crippen LogP contribution in [0.25, 0.3) is 10.9 Å². The fourth-order valence-electron chi connectivity index (χ4n) is 1.80. The van der Waals surface area contributed by atoms with Crippen molar-refractivity contribution >= 4 is 22.5 Å². The molecule has 16 heavy (non-hydrogen) atoms. The SMILES string of the molecule is CC(C)(C)Cc1ccc2c(Cl)cccc2n1. The van der Waals surface area contributed by atoms with Gasteiger partial charge in [0.05, 0.1) is 5.52 Å². The molecule has 2 heteroatoms. The van der Waals surface area contributed by atoms with Crippen molar-refractivity contribution in [3.05, 3.63) is 41.0 Å². The van der Waals surface area contributed by atoms with Crippen molar-refractivity contribution in [1.29, 1.82) is 0 Å². The molecule has 0 spiro atoms. The molecule has 1 heterocycles. The van der Waals surface area contributed by atoms with Gasteiger partial charge in [0.15, 0.2) is 0 Å². The first-order valence-electron chi connectivity index (χ1n) is 5.50. The number of aromatic nitrogens is 1. The lowest BCUT2D eigenvalue weighted by Gasteiger charge is -2.17. The van der Waals surface area contributed by atoms with Gasteiger partial charge in [0.25, 0.3) is 0 Å². The predicted octanol–water partition coefficient (Wildman–Crippen LogP) is 4.48. The first kappa shape index (κ1) is 11.4. The van der Waals surface area contributed by atoms with Gasteiger partial charge in [-0.3, -0.25) is 4.98 Å². The molecule has 0 saturated heterocycles. The molecule has 1 nitrogen and oxygen atoms in total. The van der Waals surface area contributed by atoms with E-state index in [1.54, 1.807) is 0 Å². The number of benzene rings is 1. The second-order valence-electron chi connectivity index (χ2n) is 5.35. The summed E-state index contributed by atoms with van der Waals surface area (Å²) < 4.78 is 0. The molecule has 0 amide bonds. The van der Waals surface area contributed by atoms with Gasteiger partial charge in [-0.25, -0.2) is 0 Å². The average Bonchev–Trinajstić information content (AvgIpc) is 2.15. The van der Waals surface area contributed by atoms with Crippen molar-refractivity contribution in [2.24, 2.45) is 5.41 Å². The summed E-state index contributed by atoms with van der Waals surface area (Å²) in [6, 6.07) is 9.98. The number of halogens is 1. The number of nitrogens with zero attached hydrogens (tertiary/aromatic N) is 1. The minimum atomic E-state index is 0.263. The standard InChI is InChI=1S/C14H16ClN/c1-14(2,3)9-10-7-8-11-12(15)5-4-6-13(11)16-10/h4-8H,9H2,1-3H3. The van der Waals surface area contributed by atoms with Gasteiger partial charge in [-0.2, -0.15) is 0 Å². The monoisotopic (exact) mass is 233 g/mol. The van der Waals surface area contributed by atoms with E-state index in [9.17, 15) is 0 Å². The molecular weight excluding hydrogens is 218 g/mol. The van der Waals surface area contributed by atoms with E-state index in [0.717, 1.165) is 28.0 Å². The first-order chi connectivity index (χ1) is 7.46. The maximum Gasteiger partial charge on any atom is 0.0720 e. The third-order valence-electron chi connectivity index (χ3n) is 2.45. The molecule has 2 aromatic rings. The Labute approximate surface area is 101 Å². The van der Waals surface area contributed by atoms with Crippen LogP contribution in [-0.4, -0.2) is 4.98 Å². The van der Waals surface area contributed by atoms with E-state index in [0.29, 0.717) is 0 Å². The van der Waals surface area contributed by atoms with Crippen LogP contribution < -0.4 is 0 Å². The summed E-state index contributed by atoms with van der Waals surface area (Å²) >= 11 is 6.10. The highest BCUT2D eigenvalue weighted by Gasteiger charge is 2.12. The molecule has 1 aromatic carbocycles. The molecule has 0 aliphatic heterocycles. The van der Waals surface area contributed by atoms with Crippen LogP contribution >= 0.6 is 11.6 Å². The Hall–Kier alpha value is -1.08. The number of fused-ring (bicyclic) bond motifs is 1. The van der Waals surface area contributed by atoms with Crippen LogP contribution in [0.15, 0.2) is 30.3 Å². The van der Waals surface area contributed by atoms with E-state index in [4.69, 9.17) is 11.6 Å². The second kappa shape index (κ2) is 4.06. The van der Waals surface area contributed by atoms with E-state index >= 15 is 0 Å². The summed E-state index contributed by atoms with van der Waals surface area (Å²) in [5.41, 5.74) is 2.37. The van der Waals surface area contributed by atoms with E-state index in [2.05, 4.69) is 37.9 Å². The molecule has 0 atom stereocenters. The molecule has 84 valence electrons. The third-order valence-corrected chi connectivity index (χ3v) is 2.78. The maximum absolute atomic E-state index is 6.10. The average molecular weight is 234 g/mol. The topological polar surface area (TPSA) is 12.9 Å². The zero-order valence-electron chi connectivity index (χ0n) is 9.92. The van der Waals surface area contributed by atoms with Crippen molar-refractivity contribution in [2.45, 2.75) is 27.2 Å². The Kier molecular flexibility index (Phi) is 2.90. The van der Waals surface area contributed by atoms with Gasteiger partial charge in [-0.15, -0.1) is 0 Å². The van der Waals surface area contributed by atoms with Crippen molar-refractivity contribution in [3.8, 4) is 0 Å². The molecule has 0 bridgehead atoms. The number of pyridine rings is 1. The minimum absolute atomic E-state index is 0.263. The molecule has 0 radical (unpaired) electrons. The Balaban J connectivity index is 2.45. The molecule has 0 aliphatic carbocycles. The molecule has 2 rings (SSSR count). The van der Waals surface area contributed by atoms with Crippen LogP contribution in [0.2, 0.25) is 5.02 Å². The highest BCUT2D eigenvalue weighted by Crippen LogP contribution is 2.24. The Morgan fingerprint density at radius 2 is 1.88 bits per heavy atom. The van der Waals surface area contributed by atoms with E-state index in [-0.39, 0.29) is 5.41 Å². The molecular formula is C14H16ClN. The number of hydrogen-bond acceptors (Lipinski definition) is 1. The number of hydrogen-bond donors (Lipinski definition) is 0. The molecule has 0 aliphatic rings. The van der Waals surface area contributed by atoms with Crippen molar-refractivity contribution in [3.63, 3.8) is 0 Å². The highest BCUT2D eigenvalue weighted by atomic mass is 35.5. The molecule has 0 N–H and O–H groups in total. The Bertz CT molecular complexity index is 512. The van der Waals surface area contributed by atoms with Gasteiger partial charge in [-0.1, -0.05) is 38.4 Å². The van der Waals surface area contributed by atoms with Gasteiger partial charge in [0, 0.05) is 16.1 Å². The second-order valence-corrected chi connectivity index (χ2v) is 5.75. The number of rotatable bonds is 1. The van der Waals surface area contributed by atoms with Crippen LogP contribution in [0.3, 0.4) is 0 Å². The Morgan fingerprint density at radius 1 is 1.12 bits per heavy atom. The highest BCUT2D eigenvalue weighted by molar-refractivity contribution is 6.35. The minimum Gasteiger partial charge on any atom is -0.253 e. The summed E-state index contributed by atoms with van der Waals surface area (Å²) in [5, 5.41) is 1.80. The van der Waals surface area contributed by atoms with Gasteiger partial charge < -0.3 is 0 Å². The lowest BCUT2D eigenvalue weighted by molar-refractivity contribution is 0.407. The van der Waals surface area contributed by atoms with E-state index < -0.39 is 0 Å². The molecule has 1 aromatic heterocycles. The summed E-state index contributed by atoms with van der Waals surface area (Å²) in [6.45, 7) is 6.66. The van der Waals surface area contributed by atoms with E-state index in [1.807, 2.05) is 18.2 Å².